The minimum absolute atomic E-state index is 0.0513. The molecule has 0 saturated heterocycles. The number of hydrogen-bond acceptors (Lipinski definition) is 6. The molecule has 3 aromatic carbocycles. The summed E-state index contributed by atoms with van der Waals surface area (Å²) in [7, 11) is 0. The highest BCUT2D eigenvalue weighted by Crippen LogP contribution is 2.40. The summed E-state index contributed by atoms with van der Waals surface area (Å²) in [5.41, 5.74) is 14.8. The highest BCUT2D eigenvalue weighted by Gasteiger charge is 2.24. The van der Waals surface area contributed by atoms with Crippen LogP contribution in [-0.4, -0.2) is 29.9 Å². The number of carbonyl (C=O) groups is 2. The van der Waals surface area contributed by atoms with Gasteiger partial charge >= 0.3 is 0 Å². The lowest BCUT2D eigenvalue weighted by molar-refractivity contribution is -0.118. The molecule has 4 aromatic rings. The van der Waals surface area contributed by atoms with E-state index in [9.17, 15) is 9.59 Å². The van der Waals surface area contributed by atoms with Gasteiger partial charge in [0.1, 0.15) is 24.7 Å². The van der Waals surface area contributed by atoms with Gasteiger partial charge in [0.25, 0.3) is 0 Å². The van der Waals surface area contributed by atoms with Gasteiger partial charge in [-0.15, -0.1) is 0 Å². The van der Waals surface area contributed by atoms with Crippen LogP contribution in [0.2, 0.25) is 0 Å². The van der Waals surface area contributed by atoms with Gasteiger partial charge in [-0.25, -0.2) is 0 Å². The van der Waals surface area contributed by atoms with Crippen molar-refractivity contribution in [1.29, 1.82) is 0 Å². The van der Waals surface area contributed by atoms with Crippen LogP contribution >= 0.6 is 0 Å². The van der Waals surface area contributed by atoms with Gasteiger partial charge in [-0.2, -0.15) is 0 Å². The van der Waals surface area contributed by atoms with Crippen LogP contribution in [0, 0.1) is 6.92 Å². The average Bonchev–Trinajstić information content (AvgIpc) is 3.51. The fraction of sp³-hybridized carbons (Fsp3) is 0.286. The van der Waals surface area contributed by atoms with E-state index in [2.05, 4.69) is 65.0 Å². The molecule has 1 aliphatic carbocycles. The SMILES string of the molecule is CC(=O)NCCNCc1c(OCc2cncc(C(N)=O)c2)cc(OCc2cccc(-c3ccccc3)c2C)c2c1CCC2. The number of pyridine rings is 1. The number of nitrogens with two attached hydrogens (primary N) is 1. The topological polar surface area (TPSA) is 116 Å². The Hall–Kier alpha value is -4.69. The zero-order chi connectivity index (χ0) is 30.2. The first-order valence-electron chi connectivity index (χ1n) is 14.7. The van der Waals surface area contributed by atoms with Crippen molar-refractivity contribution >= 4 is 11.8 Å². The van der Waals surface area contributed by atoms with Gasteiger partial charge in [-0.3, -0.25) is 14.6 Å². The second kappa shape index (κ2) is 14.0. The smallest absolute Gasteiger partial charge is 0.250 e. The molecule has 5 rings (SSSR count). The van der Waals surface area contributed by atoms with E-state index in [4.69, 9.17) is 15.2 Å². The molecule has 0 bridgehead atoms. The molecular formula is C35H38N4O4. The predicted molar refractivity (Wildman–Crippen MR) is 167 cm³/mol. The lowest BCUT2D eigenvalue weighted by Crippen LogP contribution is -2.30. The number of amides is 2. The maximum atomic E-state index is 11.7. The van der Waals surface area contributed by atoms with Crippen molar-refractivity contribution in [3.05, 3.63) is 112 Å². The number of nitrogens with zero attached hydrogens (tertiary/aromatic N) is 1. The molecule has 0 atom stereocenters. The minimum Gasteiger partial charge on any atom is -0.488 e. The molecule has 2 amide bonds. The molecule has 0 aliphatic heterocycles. The Morgan fingerprint density at radius 2 is 1.70 bits per heavy atom. The summed E-state index contributed by atoms with van der Waals surface area (Å²) >= 11 is 0. The fourth-order valence-electron chi connectivity index (χ4n) is 5.57. The zero-order valence-corrected chi connectivity index (χ0v) is 24.7. The summed E-state index contributed by atoms with van der Waals surface area (Å²) in [6.07, 6.45) is 6.04. The first-order valence-corrected chi connectivity index (χ1v) is 14.7. The Kier molecular flexibility index (Phi) is 9.69. The normalized spacial score (nSPS) is 12.0. The minimum atomic E-state index is -0.529. The summed E-state index contributed by atoms with van der Waals surface area (Å²) in [6, 6.07) is 20.4. The van der Waals surface area contributed by atoms with Crippen LogP contribution in [0.25, 0.3) is 11.1 Å². The molecule has 4 N–H and O–H groups in total. The Morgan fingerprint density at radius 3 is 2.49 bits per heavy atom. The molecule has 1 heterocycles. The first-order chi connectivity index (χ1) is 20.9. The van der Waals surface area contributed by atoms with E-state index in [0.29, 0.717) is 31.8 Å². The lowest BCUT2D eigenvalue weighted by atomic mass is 9.97. The van der Waals surface area contributed by atoms with Crippen molar-refractivity contribution in [3.8, 4) is 22.6 Å². The van der Waals surface area contributed by atoms with Crippen molar-refractivity contribution in [3.63, 3.8) is 0 Å². The number of rotatable bonds is 13. The van der Waals surface area contributed by atoms with Crippen LogP contribution in [-0.2, 0) is 37.4 Å². The van der Waals surface area contributed by atoms with E-state index in [-0.39, 0.29) is 12.5 Å². The van der Waals surface area contributed by atoms with E-state index in [1.54, 1.807) is 12.3 Å². The summed E-state index contributed by atoms with van der Waals surface area (Å²) in [6.45, 7) is 6.09. The van der Waals surface area contributed by atoms with E-state index in [0.717, 1.165) is 47.5 Å². The molecule has 1 aromatic heterocycles. The molecule has 0 unspecified atom stereocenters. The molecule has 222 valence electrons. The highest BCUT2D eigenvalue weighted by molar-refractivity contribution is 5.92. The largest absolute Gasteiger partial charge is 0.488 e. The number of hydrogen-bond donors (Lipinski definition) is 3. The number of carbonyl (C=O) groups excluding carboxylic acids is 2. The molecule has 8 heteroatoms. The number of primary amides is 1. The molecule has 1 aliphatic rings. The average molecular weight is 579 g/mol. The van der Waals surface area contributed by atoms with E-state index < -0.39 is 5.91 Å². The molecule has 0 spiro atoms. The molecule has 8 nitrogen and oxygen atoms in total. The Balaban J connectivity index is 1.41. The van der Waals surface area contributed by atoms with Gasteiger partial charge < -0.3 is 25.8 Å². The maximum absolute atomic E-state index is 11.7. The first kappa shape index (κ1) is 29.8. The number of nitrogens with one attached hydrogen (secondary N) is 2. The van der Waals surface area contributed by atoms with Crippen LogP contribution < -0.4 is 25.8 Å². The Bertz CT molecular complexity index is 1600. The predicted octanol–water partition coefficient (Wildman–Crippen LogP) is 5.03. The highest BCUT2D eigenvalue weighted by atomic mass is 16.5. The molecule has 0 radical (unpaired) electrons. The third kappa shape index (κ3) is 7.40. The fourth-order valence-corrected chi connectivity index (χ4v) is 5.57. The molecular weight excluding hydrogens is 540 g/mol. The van der Waals surface area contributed by atoms with E-state index in [1.165, 1.54) is 40.9 Å². The van der Waals surface area contributed by atoms with Crippen molar-refractivity contribution in [1.82, 2.24) is 15.6 Å². The summed E-state index contributed by atoms with van der Waals surface area (Å²) < 4.78 is 12.9. The van der Waals surface area contributed by atoms with Crippen molar-refractivity contribution in [2.75, 3.05) is 13.1 Å². The van der Waals surface area contributed by atoms with Gasteiger partial charge in [-0.1, -0.05) is 48.5 Å². The van der Waals surface area contributed by atoms with Crippen LogP contribution in [0.1, 0.15) is 57.1 Å². The second-order valence-corrected chi connectivity index (χ2v) is 10.8. The zero-order valence-electron chi connectivity index (χ0n) is 24.7. The quantitative estimate of drug-likeness (QED) is 0.192. The Morgan fingerprint density at radius 1 is 0.907 bits per heavy atom. The summed E-state index contributed by atoms with van der Waals surface area (Å²) in [4.78, 5) is 27.1. The van der Waals surface area contributed by atoms with Gasteiger partial charge in [0.15, 0.2) is 0 Å². The van der Waals surface area contributed by atoms with E-state index >= 15 is 0 Å². The van der Waals surface area contributed by atoms with Crippen LogP contribution in [0.15, 0.2) is 73.1 Å². The number of benzene rings is 3. The van der Waals surface area contributed by atoms with Crippen LogP contribution in [0.5, 0.6) is 11.5 Å². The summed E-state index contributed by atoms with van der Waals surface area (Å²) in [5, 5.41) is 6.27. The standard InChI is InChI=1S/C35H38N4O4/c1-23-27(10-6-11-29(23)26-8-4-3-5-9-26)22-43-33-17-34(42-21-25-16-28(35(36)41)19-38-18-25)32(30-12-7-13-31(30)33)20-37-14-15-39-24(2)40/h3-6,8-11,16-19,37H,7,12-15,20-22H2,1-2H3,(H2,36,41)(H,39,40). The lowest BCUT2D eigenvalue weighted by Gasteiger charge is -2.20. The molecule has 43 heavy (non-hydrogen) atoms. The van der Waals surface area contributed by atoms with Crippen molar-refractivity contribution in [2.45, 2.75) is 52.9 Å². The van der Waals surface area contributed by atoms with Crippen LogP contribution in [0.4, 0.5) is 0 Å². The van der Waals surface area contributed by atoms with Crippen molar-refractivity contribution in [2.24, 2.45) is 5.73 Å². The van der Waals surface area contributed by atoms with Crippen molar-refractivity contribution < 1.29 is 19.1 Å². The third-order valence-electron chi connectivity index (χ3n) is 7.80. The molecule has 0 fully saturated rings. The maximum Gasteiger partial charge on any atom is 0.250 e. The number of ether oxygens (including phenoxy) is 2. The van der Waals surface area contributed by atoms with Gasteiger partial charge in [0.05, 0.1) is 5.56 Å². The molecule has 0 saturated carbocycles. The van der Waals surface area contributed by atoms with Gasteiger partial charge in [0.2, 0.25) is 11.8 Å². The summed E-state index contributed by atoms with van der Waals surface area (Å²) in [5.74, 6) is 0.975. The van der Waals surface area contributed by atoms with Crippen LogP contribution in [0.3, 0.4) is 0 Å². The monoisotopic (exact) mass is 578 g/mol. The van der Waals surface area contributed by atoms with Gasteiger partial charge in [-0.05, 0) is 65.6 Å². The third-order valence-corrected chi connectivity index (χ3v) is 7.80. The second-order valence-electron chi connectivity index (χ2n) is 10.8. The number of aromatic nitrogens is 1. The number of fused-ring (bicyclic) bond motifs is 1. The Labute approximate surface area is 252 Å². The van der Waals surface area contributed by atoms with Gasteiger partial charge in [0, 0.05) is 56.1 Å². The van der Waals surface area contributed by atoms with E-state index in [1.807, 2.05) is 12.1 Å².